The summed E-state index contributed by atoms with van der Waals surface area (Å²) in [5.74, 6) is 0.137. The lowest BCUT2D eigenvalue weighted by Crippen LogP contribution is -2.29. The zero-order chi connectivity index (χ0) is 22.4. The van der Waals surface area contributed by atoms with Crippen LogP contribution in [0.2, 0.25) is 5.02 Å². The first kappa shape index (κ1) is 23.1. The third-order valence-corrected chi connectivity index (χ3v) is 6.28. The van der Waals surface area contributed by atoms with Crippen molar-refractivity contribution >= 4 is 54.8 Å². The molecule has 1 amide bonds. The maximum Gasteiger partial charge on any atom is 0.262 e. The maximum atomic E-state index is 12.3. The van der Waals surface area contributed by atoms with E-state index in [0.29, 0.717) is 27.7 Å². The molecule has 0 aliphatic heterocycles. The van der Waals surface area contributed by atoms with Gasteiger partial charge in [-0.25, -0.2) is 8.42 Å². The molecule has 3 aromatic rings. The van der Waals surface area contributed by atoms with Crippen LogP contribution in [-0.2, 0) is 21.4 Å². The van der Waals surface area contributed by atoms with Crippen molar-refractivity contribution < 1.29 is 17.9 Å². The fourth-order valence-corrected chi connectivity index (χ4v) is 4.28. The summed E-state index contributed by atoms with van der Waals surface area (Å²) >= 11 is 9.53. The summed E-state index contributed by atoms with van der Waals surface area (Å²) in [6.45, 7) is -0.0744. The molecule has 0 atom stereocenters. The number of sulfonamides is 1. The predicted octanol–water partition coefficient (Wildman–Crippen LogP) is 5.09. The van der Waals surface area contributed by atoms with Crippen LogP contribution in [0.15, 0.2) is 77.3 Å². The molecule has 6 nitrogen and oxygen atoms in total. The Balaban J connectivity index is 1.66. The first-order chi connectivity index (χ1) is 14.7. The minimum Gasteiger partial charge on any atom is -0.484 e. The molecule has 162 valence electrons. The first-order valence-corrected chi connectivity index (χ1v) is 12.2. The zero-order valence-corrected chi connectivity index (χ0v) is 19.7. The highest BCUT2D eigenvalue weighted by molar-refractivity contribution is 9.10. The lowest BCUT2D eigenvalue weighted by Gasteiger charge is -2.23. The highest BCUT2D eigenvalue weighted by Gasteiger charge is 2.19. The molecule has 0 spiro atoms. The lowest BCUT2D eigenvalue weighted by atomic mass is 10.2. The Labute approximate surface area is 195 Å². The van der Waals surface area contributed by atoms with Gasteiger partial charge >= 0.3 is 0 Å². The maximum absolute atomic E-state index is 12.3. The van der Waals surface area contributed by atoms with Crippen LogP contribution in [0.5, 0.6) is 5.75 Å². The molecule has 0 saturated carbocycles. The fraction of sp³-hybridized carbons (Fsp3) is 0.136. The molecule has 0 fully saturated rings. The number of halogens is 2. The number of hydrogen-bond donors (Lipinski definition) is 1. The molecule has 0 aliphatic carbocycles. The van der Waals surface area contributed by atoms with Gasteiger partial charge in [-0.05, 0) is 54.1 Å². The highest BCUT2D eigenvalue weighted by atomic mass is 79.9. The second-order valence-electron chi connectivity index (χ2n) is 6.70. The summed E-state index contributed by atoms with van der Waals surface area (Å²) < 4.78 is 32.3. The monoisotopic (exact) mass is 522 g/mol. The van der Waals surface area contributed by atoms with Gasteiger partial charge in [0.2, 0.25) is 10.0 Å². The molecule has 0 heterocycles. The van der Waals surface area contributed by atoms with Crippen molar-refractivity contribution in [2.24, 2.45) is 0 Å². The number of nitrogens with one attached hydrogen (secondary N) is 1. The molecule has 0 saturated heterocycles. The van der Waals surface area contributed by atoms with E-state index < -0.39 is 10.0 Å². The molecule has 0 aliphatic rings. The standard InChI is InChI=1S/C22H20BrClN2O4S/c1-31(28,29)26(14-16-5-2-3-8-21(16)24)19-9-11-20(12-10-19)30-15-22(27)25-18-7-4-6-17(23)13-18/h2-13H,14-15H2,1H3,(H,25,27). The largest absolute Gasteiger partial charge is 0.484 e. The molecule has 0 aromatic heterocycles. The Morgan fingerprint density at radius 1 is 1.06 bits per heavy atom. The molecule has 0 radical (unpaired) electrons. The summed E-state index contributed by atoms with van der Waals surface area (Å²) in [6.07, 6.45) is 1.14. The third kappa shape index (κ3) is 6.72. The summed E-state index contributed by atoms with van der Waals surface area (Å²) in [5, 5.41) is 3.23. The van der Waals surface area contributed by atoms with E-state index in [1.807, 2.05) is 12.1 Å². The number of ether oxygens (including phenoxy) is 1. The van der Waals surface area contributed by atoms with Crippen molar-refractivity contribution in [3.8, 4) is 5.75 Å². The third-order valence-electron chi connectivity index (χ3n) is 4.28. The van der Waals surface area contributed by atoms with Crippen LogP contribution >= 0.6 is 27.5 Å². The quantitative estimate of drug-likeness (QED) is 0.446. The molecule has 9 heteroatoms. The number of carbonyl (C=O) groups is 1. The van der Waals surface area contributed by atoms with E-state index >= 15 is 0 Å². The second-order valence-corrected chi connectivity index (χ2v) is 9.93. The Bertz CT molecular complexity index is 1170. The topological polar surface area (TPSA) is 75.7 Å². The van der Waals surface area contributed by atoms with Crippen LogP contribution in [0.3, 0.4) is 0 Å². The summed E-state index contributed by atoms with van der Waals surface area (Å²) in [4.78, 5) is 12.1. The van der Waals surface area contributed by atoms with Crippen LogP contribution in [0.1, 0.15) is 5.56 Å². The minimum atomic E-state index is -3.54. The summed E-state index contributed by atoms with van der Waals surface area (Å²) in [7, 11) is -3.54. The van der Waals surface area contributed by atoms with Gasteiger partial charge in [0.05, 0.1) is 18.5 Å². The van der Waals surface area contributed by atoms with E-state index in [4.69, 9.17) is 16.3 Å². The van der Waals surface area contributed by atoms with Crippen molar-refractivity contribution in [1.82, 2.24) is 0 Å². The van der Waals surface area contributed by atoms with E-state index in [2.05, 4.69) is 21.2 Å². The minimum absolute atomic E-state index is 0.105. The number of rotatable bonds is 8. The number of hydrogen-bond acceptors (Lipinski definition) is 4. The lowest BCUT2D eigenvalue weighted by molar-refractivity contribution is -0.118. The number of carbonyl (C=O) groups excluding carboxylic acids is 1. The van der Waals surface area contributed by atoms with Gasteiger partial charge < -0.3 is 10.1 Å². The molecular weight excluding hydrogens is 504 g/mol. The van der Waals surface area contributed by atoms with Gasteiger partial charge in [-0.3, -0.25) is 9.10 Å². The predicted molar refractivity (Wildman–Crippen MR) is 127 cm³/mol. The molecule has 31 heavy (non-hydrogen) atoms. The molecule has 0 unspecified atom stereocenters. The SMILES string of the molecule is CS(=O)(=O)N(Cc1ccccc1Cl)c1ccc(OCC(=O)Nc2cccc(Br)c2)cc1. The average Bonchev–Trinajstić information content (AvgIpc) is 2.71. The van der Waals surface area contributed by atoms with Crippen LogP contribution in [0, 0.1) is 0 Å². The Morgan fingerprint density at radius 3 is 2.42 bits per heavy atom. The Morgan fingerprint density at radius 2 is 1.77 bits per heavy atom. The van der Waals surface area contributed by atoms with Gasteiger partial charge in [0.25, 0.3) is 5.91 Å². The molecular formula is C22H20BrClN2O4S. The zero-order valence-electron chi connectivity index (χ0n) is 16.6. The molecule has 1 N–H and O–H groups in total. The molecule has 0 bridgehead atoms. The van der Waals surface area contributed by atoms with E-state index in [9.17, 15) is 13.2 Å². The molecule has 3 rings (SSSR count). The normalized spacial score (nSPS) is 11.1. The fourth-order valence-electron chi connectivity index (χ4n) is 2.80. The van der Waals surface area contributed by atoms with Gasteiger partial charge in [-0.2, -0.15) is 0 Å². The Kier molecular flexibility index (Phi) is 7.59. The van der Waals surface area contributed by atoms with Gasteiger partial charge in [0, 0.05) is 15.2 Å². The van der Waals surface area contributed by atoms with Gasteiger partial charge in [-0.15, -0.1) is 0 Å². The van der Waals surface area contributed by atoms with Crippen molar-refractivity contribution in [2.75, 3.05) is 22.5 Å². The van der Waals surface area contributed by atoms with Gasteiger partial charge in [0.15, 0.2) is 6.61 Å². The van der Waals surface area contributed by atoms with Crippen LogP contribution in [-0.4, -0.2) is 27.2 Å². The van der Waals surface area contributed by atoms with Crippen molar-refractivity contribution in [2.45, 2.75) is 6.54 Å². The van der Waals surface area contributed by atoms with Gasteiger partial charge in [0.1, 0.15) is 5.75 Å². The first-order valence-electron chi connectivity index (χ1n) is 9.22. The second kappa shape index (κ2) is 10.2. The van der Waals surface area contributed by atoms with Crippen LogP contribution in [0.4, 0.5) is 11.4 Å². The number of benzene rings is 3. The average molecular weight is 524 g/mol. The smallest absolute Gasteiger partial charge is 0.262 e. The van der Waals surface area contributed by atoms with Crippen LogP contribution < -0.4 is 14.4 Å². The highest BCUT2D eigenvalue weighted by Crippen LogP contribution is 2.26. The van der Waals surface area contributed by atoms with E-state index in [-0.39, 0.29) is 19.1 Å². The van der Waals surface area contributed by atoms with E-state index in [0.717, 1.165) is 10.7 Å². The van der Waals surface area contributed by atoms with Crippen LogP contribution in [0.25, 0.3) is 0 Å². The van der Waals surface area contributed by atoms with Gasteiger partial charge in [-0.1, -0.05) is 51.8 Å². The summed E-state index contributed by atoms with van der Waals surface area (Å²) in [5.41, 5.74) is 1.81. The van der Waals surface area contributed by atoms with Crippen molar-refractivity contribution in [1.29, 1.82) is 0 Å². The Hall–Kier alpha value is -2.55. The summed E-state index contributed by atoms with van der Waals surface area (Å²) in [6, 6.07) is 20.8. The molecule has 3 aromatic carbocycles. The van der Waals surface area contributed by atoms with E-state index in [1.54, 1.807) is 60.7 Å². The number of nitrogens with zero attached hydrogens (tertiary/aromatic N) is 1. The number of amides is 1. The number of anilines is 2. The van der Waals surface area contributed by atoms with Crippen molar-refractivity contribution in [3.05, 3.63) is 87.9 Å². The van der Waals surface area contributed by atoms with Crippen molar-refractivity contribution in [3.63, 3.8) is 0 Å². The van der Waals surface area contributed by atoms with E-state index in [1.165, 1.54) is 4.31 Å².